The highest BCUT2D eigenvalue weighted by Gasteiger charge is 2.04. The third kappa shape index (κ3) is 3.10. The lowest BCUT2D eigenvalue weighted by molar-refractivity contribution is 0.164. The number of halogens is 1. The van der Waals surface area contributed by atoms with Gasteiger partial charge in [-0.2, -0.15) is 0 Å². The van der Waals surface area contributed by atoms with E-state index in [0.29, 0.717) is 0 Å². The van der Waals surface area contributed by atoms with Crippen LogP contribution in [0.3, 0.4) is 0 Å². The number of thioether (sulfide) groups is 1. The van der Waals surface area contributed by atoms with Crippen LogP contribution >= 0.6 is 34.7 Å². The second-order valence-electron chi connectivity index (χ2n) is 3.14. The van der Waals surface area contributed by atoms with E-state index in [2.05, 4.69) is 4.98 Å². The number of aromatic nitrogens is 1. The Balaban J connectivity index is 2.02. The first-order valence-corrected chi connectivity index (χ1v) is 7.24. The third-order valence-corrected chi connectivity index (χ3v) is 4.37. The summed E-state index contributed by atoms with van der Waals surface area (Å²) < 4.78 is 7.55. The van der Waals surface area contributed by atoms with Gasteiger partial charge >= 0.3 is 0 Å². The zero-order chi connectivity index (χ0) is 11.4. The van der Waals surface area contributed by atoms with Gasteiger partial charge in [0.1, 0.15) is 0 Å². The molecule has 1 aromatic carbocycles. The lowest BCUT2D eigenvalue weighted by Gasteiger charge is -1.97. The number of fused-ring (bicyclic) bond motifs is 1. The molecule has 2 nitrogen and oxygen atoms in total. The molecule has 0 aliphatic carbocycles. The Bertz CT molecular complexity index is 472. The molecule has 0 amide bonds. The van der Waals surface area contributed by atoms with Gasteiger partial charge < -0.3 is 4.74 Å². The van der Waals surface area contributed by atoms with Gasteiger partial charge in [-0.25, -0.2) is 4.98 Å². The van der Waals surface area contributed by atoms with Crippen LogP contribution in [0.2, 0.25) is 5.02 Å². The van der Waals surface area contributed by atoms with Crippen molar-refractivity contribution in [2.45, 2.75) is 11.3 Å². The Kier molecular flexibility index (Phi) is 4.46. The lowest BCUT2D eigenvalue weighted by Crippen LogP contribution is -1.95. The van der Waals surface area contributed by atoms with Gasteiger partial charge in [0.2, 0.25) is 0 Å². The van der Waals surface area contributed by atoms with E-state index in [1.807, 2.05) is 25.1 Å². The van der Waals surface area contributed by atoms with E-state index >= 15 is 0 Å². The molecule has 0 aliphatic heterocycles. The second kappa shape index (κ2) is 5.87. The van der Waals surface area contributed by atoms with E-state index in [1.165, 1.54) is 4.70 Å². The number of benzene rings is 1. The molecule has 2 rings (SSSR count). The van der Waals surface area contributed by atoms with Crippen LogP contribution in [0, 0.1) is 0 Å². The number of rotatable bonds is 5. The van der Waals surface area contributed by atoms with Crippen molar-refractivity contribution in [1.29, 1.82) is 0 Å². The van der Waals surface area contributed by atoms with E-state index < -0.39 is 0 Å². The van der Waals surface area contributed by atoms with E-state index in [0.717, 1.165) is 33.8 Å². The molecule has 5 heteroatoms. The summed E-state index contributed by atoms with van der Waals surface area (Å²) in [5.74, 6) is 0.946. The van der Waals surface area contributed by atoms with Crippen LogP contribution in [-0.2, 0) is 4.74 Å². The topological polar surface area (TPSA) is 22.1 Å². The summed E-state index contributed by atoms with van der Waals surface area (Å²) in [6.07, 6.45) is 0. The van der Waals surface area contributed by atoms with Crippen LogP contribution in [0.15, 0.2) is 22.5 Å². The van der Waals surface area contributed by atoms with Crippen molar-refractivity contribution in [3.8, 4) is 0 Å². The van der Waals surface area contributed by atoms with Crippen LogP contribution < -0.4 is 0 Å². The summed E-state index contributed by atoms with van der Waals surface area (Å²) in [5.41, 5.74) is 0.983. The molecule has 16 heavy (non-hydrogen) atoms. The van der Waals surface area contributed by atoms with Gasteiger partial charge in [-0.1, -0.05) is 23.4 Å². The van der Waals surface area contributed by atoms with Crippen molar-refractivity contribution in [3.05, 3.63) is 23.2 Å². The molecular weight excluding hydrogens is 262 g/mol. The summed E-state index contributed by atoms with van der Waals surface area (Å²) in [5, 5.41) is 0.740. The predicted molar refractivity (Wildman–Crippen MR) is 71.8 cm³/mol. The first-order chi connectivity index (χ1) is 7.79. The largest absolute Gasteiger partial charge is 0.381 e. The molecule has 0 radical (unpaired) electrons. The Morgan fingerprint density at radius 1 is 1.50 bits per heavy atom. The quantitative estimate of drug-likeness (QED) is 0.605. The van der Waals surface area contributed by atoms with Crippen molar-refractivity contribution in [2.24, 2.45) is 0 Å². The van der Waals surface area contributed by atoms with Crippen LogP contribution in [0.1, 0.15) is 6.92 Å². The van der Waals surface area contributed by atoms with Gasteiger partial charge in [0, 0.05) is 17.4 Å². The van der Waals surface area contributed by atoms with Gasteiger partial charge in [0.05, 0.1) is 16.8 Å². The van der Waals surface area contributed by atoms with Crippen molar-refractivity contribution in [1.82, 2.24) is 4.98 Å². The maximum absolute atomic E-state index is 5.91. The van der Waals surface area contributed by atoms with Crippen molar-refractivity contribution >= 4 is 44.9 Å². The number of hydrogen-bond donors (Lipinski definition) is 0. The summed E-state index contributed by atoms with van der Waals surface area (Å²) in [7, 11) is 0. The second-order valence-corrected chi connectivity index (χ2v) is 5.95. The SMILES string of the molecule is CCOCCSc1nc2cc(Cl)ccc2s1. The van der Waals surface area contributed by atoms with Crippen molar-refractivity contribution < 1.29 is 4.74 Å². The van der Waals surface area contributed by atoms with Gasteiger partial charge in [0.15, 0.2) is 4.34 Å². The van der Waals surface area contributed by atoms with E-state index in [4.69, 9.17) is 16.3 Å². The Labute approximate surface area is 108 Å². The number of nitrogens with zero attached hydrogens (tertiary/aromatic N) is 1. The van der Waals surface area contributed by atoms with Gasteiger partial charge in [-0.3, -0.25) is 0 Å². The molecule has 0 spiro atoms. The highest BCUT2D eigenvalue weighted by Crippen LogP contribution is 2.30. The monoisotopic (exact) mass is 273 g/mol. The first kappa shape index (κ1) is 12.2. The van der Waals surface area contributed by atoms with Gasteiger partial charge in [-0.05, 0) is 25.1 Å². The Morgan fingerprint density at radius 3 is 3.19 bits per heavy atom. The summed E-state index contributed by atoms with van der Waals surface area (Å²) in [4.78, 5) is 4.51. The number of hydrogen-bond acceptors (Lipinski definition) is 4. The molecule has 0 unspecified atom stereocenters. The average molecular weight is 274 g/mol. The normalized spacial score (nSPS) is 11.1. The van der Waals surface area contributed by atoms with E-state index in [-0.39, 0.29) is 0 Å². The fourth-order valence-corrected chi connectivity index (χ4v) is 3.41. The Morgan fingerprint density at radius 2 is 2.38 bits per heavy atom. The fourth-order valence-electron chi connectivity index (χ4n) is 1.27. The zero-order valence-electron chi connectivity index (χ0n) is 8.90. The van der Waals surface area contributed by atoms with Gasteiger partial charge in [-0.15, -0.1) is 11.3 Å². The van der Waals surface area contributed by atoms with Crippen LogP contribution in [-0.4, -0.2) is 24.0 Å². The minimum absolute atomic E-state index is 0.740. The highest BCUT2D eigenvalue weighted by atomic mass is 35.5. The molecule has 0 saturated carbocycles. The number of thiazole rings is 1. The zero-order valence-corrected chi connectivity index (χ0v) is 11.3. The first-order valence-electron chi connectivity index (χ1n) is 5.06. The molecule has 0 aliphatic rings. The molecule has 1 aromatic heterocycles. The van der Waals surface area contributed by atoms with Gasteiger partial charge in [0.25, 0.3) is 0 Å². The fraction of sp³-hybridized carbons (Fsp3) is 0.364. The van der Waals surface area contributed by atoms with Crippen molar-refractivity contribution in [2.75, 3.05) is 19.0 Å². The maximum Gasteiger partial charge on any atom is 0.151 e. The summed E-state index contributed by atoms with van der Waals surface area (Å²) in [6, 6.07) is 5.82. The smallest absolute Gasteiger partial charge is 0.151 e. The molecule has 1 heterocycles. The van der Waals surface area contributed by atoms with Crippen LogP contribution in [0.25, 0.3) is 10.2 Å². The molecule has 2 aromatic rings. The summed E-state index contributed by atoms with van der Waals surface area (Å²) in [6.45, 7) is 3.55. The molecule has 0 bridgehead atoms. The van der Waals surface area contributed by atoms with Crippen molar-refractivity contribution in [3.63, 3.8) is 0 Å². The molecule has 0 atom stereocenters. The minimum Gasteiger partial charge on any atom is -0.381 e. The minimum atomic E-state index is 0.740. The van der Waals surface area contributed by atoms with Crippen LogP contribution in [0.4, 0.5) is 0 Å². The molecular formula is C11H12ClNOS2. The Hall–Kier alpha value is -0.290. The maximum atomic E-state index is 5.91. The molecule has 0 fully saturated rings. The van der Waals surface area contributed by atoms with E-state index in [1.54, 1.807) is 23.1 Å². The lowest BCUT2D eigenvalue weighted by atomic mass is 10.3. The average Bonchev–Trinajstić information content (AvgIpc) is 2.66. The molecule has 0 saturated heterocycles. The number of ether oxygens (including phenoxy) is 1. The summed E-state index contributed by atoms with van der Waals surface area (Å²) >= 11 is 9.34. The van der Waals surface area contributed by atoms with Crippen LogP contribution in [0.5, 0.6) is 0 Å². The molecule has 0 N–H and O–H groups in total. The molecule has 86 valence electrons. The van der Waals surface area contributed by atoms with E-state index in [9.17, 15) is 0 Å². The third-order valence-electron chi connectivity index (χ3n) is 1.99. The highest BCUT2D eigenvalue weighted by molar-refractivity contribution is 8.01. The predicted octanol–water partition coefficient (Wildman–Crippen LogP) is 4.08. The standard InChI is InChI=1S/C11H12ClNOS2/c1-2-14-5-6-15-11-13-9-7-8(12)3-4-10(9)16-11/h3-4,7H,2,5-6H2,1H3.